The Hall–Kier alpha value is -2.89. The summed E-state index contributed by atoms with van der Waals surface area (Å²) in [7, 11) is 1.46. The molecule has 0 fully saturated rings. The van der Waals surface area contributed by atoms with Crippen molar-refractivity contribution in [3.63, 3.8) is 0 Å². The third kappa shape index (κ3) is 4.32. The maximum absolute atomic E-state index is 11.3. The van der Waals surface area contributed by atoms with E-state index in [0.29, 0.717) is 23.9 Å². The standard InChI is InChI=1S/C18H20O6/c1-3-22-14-8-4-5-9-15(14)23-11-12-24-17-13(18(19)20)7-6-10-16(17)21-2/h4-10H,3,11-12H2,1-2H3,(H,19,20). The van der Waals surface area contributed by atoms with Crippen LogP contribution in [0.5, 0.6) is 23.0 Å². The van der Waals surface area contributed by atoms with E-state index in [4.69, 9.17) is 18.9 Å². The van der Waals surface area contributed by atoms with Gasteiger partial charge in [-0.3, -0.25) is 0 Å². The molecule has 6 heteroatoms. The lowest BCUT2D eigenvalue weighted by atomic mass is 10.2. The van der Waals surface area contributed by atoms with Crippen LogP contribution in [0.15, 0.2) is 42.5 Å². The van der Waals surface area contributed by atoms with Crippen molar-refractivity contribution in [2.24, 2.45) is 0 Å². The zero-order valence-corrected chi connectivity index (χ0v) is 13.7. The lowest BCUT2D eigenvalue weighted by molar-refractivity contribution is 0.0690. The molecular formula is C18H20O6. The molecule has 0 spiro atoms. The highest BCUT2D eigenvalue weighted by molar-refractivity contribution is 5.92. The first-order chi connectivity index (χ1) is 11.7. The third-order valence-corrected chi connectivity index (χ3v) is 3.17. The number of para-hydroxylation sites is 3. The number of hydrogen-bond donors (Lipinski definition) is 1. The van der Waals surface area contributed by atoms with Crippen molar-refractivity contribution in [3.05, 3.63) is 48.0 Å². The molecule has 0 aliphatic carbocycles. The number of hydrogen-bond acceptors (Lipinski definition) is 5. The van der Waals surface area contributed by atoms with Gasteiger partial charge in [0.25, 0.3) is 0 Å². The average Bonchev–Trinajstić information content (AvgIpc) is 2.60. The summed E-state index contributed by atoms with van der Waals surface area (Å²) in [5.74, 6) is 0.746. The van der Waals surface area contributed by atoms with Crippen LogP contribution in [0.3, 0.4) is 0 Å². The Morgan fingerprint density at radius 1 is 0.917 bits per heavy atom. The van der Waals surface area contributed by atoms with Crippen molar-refractivity contribution in [1.82, 2.24) is 0 Å². The lowest BCUT2D eigenvalue weighted by Crippen LogP contribution is -2.12. The Labute approximate surface area is 140 Å². The molecule has 24 heavy (non-hydrogen) atoms. The monoisotopic (exact) mass is 332 g/mol. The molecule has 0 radical (unpaired) electrons. The van der Waals surface area contributed by atoms with Crippen molar-refractivity contribution in [2.45, 2.75) is 6.92 Å². The largest absolute Gasteiger partial charge is 0.493 e. The second-order valence-electron chi connectivity index (χ2n) is 4.72. The highest BCUT2D eigenvalue weighted by atomic mass is 16.6. The van der Waals surface area contributed by atoms with Crippen LogP contribution in [0.25, 0.3) is 0 Å². The number of carboxylic acid groups (broad SMARTS) is 1. The Kier molecular flexibility index (Phi) is 6.31. The lowest BCUT2D eigenvalue weighted by Gasteiger charge is -2.14. The summed E-state index contributed by atoms with van der Waals surface area (Å²) < 4.78 is 21.8. The van der Waals surface area contributed by atoms with Gasteiger partial charge in [0, 0.05) is 0 Å². The fourth-order valence-corrected chi connectivity index (χ4v) is 2.13. The molecule has 0 saturated carbocycles. The molecular weight excluding hydrogens is 312 g/mol. The number of methoxy groups -OCH3 is 1. The number of aromatic carboxylic acids is 1. The molecule has 0 aliphatic rings. The summed E-state index contributed by atoms with van der Waals surface area (Å²) in [5, 5.41) is 9.23. The molecule has 0 heterocycles. The Bertz CT molecular complexity index is 683. The summed E-state index contributed by atoms with van der Waals surface area (Å²) in [6, 6.07) is 12.0. The van der Waals surface area contributed by atoms with Gasteiger partial charge in [-0.05, 0) is 31.2 Å². The zero-order chi connectivity index (χ0) is 17.4. The highest BCUT2D eigenvalue weighted by Crippen LogP contribution is 2.31. The molecule has 0 saturated heterocycles. The molecule has 0 aromatic heterocycles. The van der Waals surface area contributed by atoms with Crippen LogP contribution in [0.4, 0.5) is 0 Å². The summed E-state index contributed by atoms with van der Waals surface area (Å²) in [6.45, 7) is 2.84. The smallest absolute Gasteiger partial charge is 0.339 e. The van der Waals surface area contributed by atoms with Crippen LogP contribution in [0, 0.1) is 0 Å². The van der Waals surface area contributed by atoms with Gasteiger partial charge in [0.15, 0.2) is 23.0 Å². The van der Waals surface area contributed by atoms with Gasteiger partial charge >= 0.3 is 5.97 Å². The van der Waals surface area contributed by atoms with E-state index in [1.165, 1.54) is 13.2 Å². The minimum atomic E-state index is -1.08. The predicted octanol–water partition coefficient (Wildman–Crippen LogP) is 3.25. The molecule has 128 valence electrons. The summed E-state index contributed by atoms with van der Waals surface area (Å²) in [4.78, 5) is 11.3. The van der Waals surface area contributed by atoms with Crippen LogP contribution < -0.4 is 18.9 Å². The first kappa shape index (κ1) is 17.5. The molecule has 0 atom stereocenters. The molecule has 0 aliphatic heterocycles. The van der Waals surface area contributed by atoms with Crippen molar-refractivity contribution in [3.8, 4) is 23.0 Å². The van der Waals surface area contributed by atoms with E-state index < -0.39 is 5.97 Å². The van der Waals surface area contributed by atoms with Gasteiger partial charge in [0.2, 0.25) is 0 Å². The van der Waals surface area contributed by atoms with Crippen LogP contribution >= 0.6 is 0 Å². The van der Waals surface area contributed by atoms with Gasteiger partial charge in [-0.1, -0.05) is 18.2 Å². The third-order valence-electron chi connectivity index (χ3n) is 3.17. The van der Waals surface area contributed by atoms with Crippen LogP contribution in [-0.4, -0.2) is 38.0 Å². The Morgan fingerprint density at radius 2 is 1.54 bits per heavy atom. The fourth-order valence-electron chi connectivity index (χ4n) is 2.13. The molecule has 1 N–H and O–H groups in total. The van der Waals surface area contributed by atoms with Crippen LogP contribution in [0.2, 0.25) is 0 Å². The minimum absolute atomic E-state index is 0.0454. The van der Waals surface area contributed by atoms with Crippen molar-refractivity contribution >= 4 is 5.97 Å². The number of benzene rings is 2. The van der Waals surface area contributed by atoms with Gasteiger partial charge in [-0.2, -0.15) is 0 Å². The highest BCUT2D eigenvalue weighted by Gasteiger charge is 2.16. The van der Waals surface area contributed by atoms with Crippen LogP contribution in [-0.2, 0) is 0 Å². The number of carbonyl (C=O) groups is 1. The number of rotatable bonds is 9. The SMILES string of the molecule is CCOc1ccccc1OCCOc1c(OC)cccc1C(=O)O. The first-order valence-electron chi connectivity index (χ1n) is 7.55. The molecule has 2 aromatic rings. The second-order valence-corrected chi connectivity index (χ2v) is 4.72. The van der Waals surface area contributed by atoms with E-state index in [1.54, 1.807) is 18.2 Å². The van der Waals surface area contributed by atoms with Gasteiger partial charge < -0.3 is 24.1 Å². The minimum Gasteiger partial charge on any atom is -0.493 e. The normalized spacial score (nSPS) is 10.1. The summed E-state index contributed by atoms with van der Waals surface area (Å²) in [6.07, 6.45) is 0. The maximum atomic E-state index is 11.3. The Morgan fingerprint density at radius 3 is 2.17 bits per heavy atom. The van der Waals surface area contributed by atoms with E-state index >= 15 is 0 Å². The zero-order valence-electron chi connectivity index (χ0n) is 13.7. The van der Waals surface area contributed by atoms with Gasteiger partial charge in [0.1, 0.15) is 18.8 Å². The van der Waals surface area contributed by atoms with Gasteiger partial charge in [0.05, 0.1) is 13.7 Å². The van der Waals surface area contributed by atoms with E-state index in [0.717, 1.165) is 0 Å². The number of ether oxygens (including phenoxy) is 4. The molecule has 0 unspecified atom stereocenters. The van der Waals surface area contributed by atoms with E-state index in [1.807, 2.05) is 25.1 Å². The molecule has 2 aromatic carbocycles. The molecule has 0 bridgehead atoms. The Balaban J connectivity index is 1.99. The van der Waals surface area contributed by atoms with Crippen molar-refractivity contribution < 1.29 is 28.8 Å². The van der Waals surface area contributed by atoms with E-state index in [-0.39, 0.29) is 24.5 Å². The van der Waals surface area contributed by atoms with E-state index in [9.17, 15) is 9.90 Å². The predicted molar refractivity (Wildman–Crippen MR) is 88.6 cm³/mol. The first-order valence-corrected chi connectivity index (χ1v) is 7.55. The maximum Gasteiger partial charge on any atom is 0.339 e. The van der Waals surface area contributed by atoms with E-state index in [2.05, 4.69) is 0 Å². The summed E-state index contributed by atoms with van der Waals surface area (Å²) in [5.41, 5.74) is 0.0454. The van der Waals surface area contributed by atoms with Crippen LogP contribution in [0.1, 0.15) is 17.3 Å². The van der Waals surface area contributed by atoms with Gasteiger partial charge in [-0.15, -0.1) is 0 Å². The topological polar surface area (TPSA) is 74.2 Å². The number of carboxylic acids is 1. The quantitative estimate of drug-likeness (QED) is 0.711. The van der Waals surface area contributed by atoms with Crippen molar-refractivity contribution in [2.75, 3.05) is 26.9 Å². The van der Waals surface area contributed by atoms with Crippen molar-refractivity contribution in [1.29, 1.82) is 0 Å². The molecule has 6 nitrogen and oxygen atoms in total. The average molecular weight is 332 g/mol. The summed E-state index contributed by atoms with van der Waals surface area (Å²) >= 11 is 0. The van der Waals surface area contributed by atoms with Gasteiger partial charge in [-0.25, -0.2) is 4.79 Å². The molecule has 2 rings (SSSR count). The molecule has 0 amide bonds. The fraction of sp³-hybridized carbons (Fsp3) is 0.278. The second kappa shape index (κ2) is 8.67.